The topological polar surface area (TPSA) is 69.8 Å². The smallest absolute Gasteiger partial charge is 0.261 e. The Kier molecular flexibility index (Phi) is 4.08. The lowest BCUT2D eigenvalue weighted by Gasteiger charge is -2.06. The van der Waals surface area contributed by atoms with Crippen LogP contribution in [0.5, 0.6) is 0 Å². The molecule has 124 valence electrons. The van der Waals surface area contributed by atoms with Crippen LogP contribution in [-0.2, 0) is 6.54 Å². The lowest BCUT2D eigenvalue weighted by Crippen LogP contribution is -2.22. The molecule has 5 nitrogen and oxygen atoms in total. The maximum Gasteiger partial charge on any atom is 0.261 e. The Labute approximate surface area is 144 Å². The van der Waals surface area contributed by atoms with Crippen molar-refractivity contribution in [3.05, 3.63) is 51.5 Å². The van der Waals surface area contributed by atoms with Crippen LogP contribution < -0.4 is 10.6 Å². The van der Waals surface area contributed by atoms with Crippen molar-refractivity contribution in [1.82, 2.24) is 20.6 Å². The molecule has 3 aromatic rings. The molecule has 0 aliphatic carbocycles. The molecule has 24 heavy (non-hydrogen) atoms. The zero-order valence-electron chi connectivity index (χ0n) is 13.6. The highest BCUT2D eigenvalue weighted by molar-refractivity contribution is 7.14. The summed E-state index contributed by atoms with van der Waals surface area (Å²) in [6.07, 6.45) is 2.36. The van der Waals surface area contributed by atoms with Gasteiger partial charge in [0, 0.05) is 10.9 Å². The molecule has 0 saturated carbocycles. The number of H-pyrrole nitrogens is 1. The Bertz CT molecular complexity index is 876. The van der Waals surface area contributed by atoms with Crippen LogP contribution in [0, 0.1) is 6.92 Å². The van der Waals surface area contributed by atoms with Gasteiger partial charge in [-0.3, -0.25) is 4.79 Å². The number of aromatic nitrogens is 2. The lowest BCUT2D eigenvalue weighted by atomic mass is 10.2. The minimum atomic E-state index is -0.0408. The first-order valence-electron chi connectivity index (χ1n) is 8.25. The van der Waals surface area contributed by atoms with Crippen molar-refractivity contribution < 1.29 is 4.79 Å². The van der Waals surface area contributed by atoms with Gasteiger partial charge in [0.05, 0.1) is 22.5 Å². The molecular weight excluding hydrogens is 320 g/mol. The number of imidazole rings is 1. The van der Waals surface area contributed by atoms with Gasteiger partial charge in [0.15, 0.2) is 0 Å². The molecular formula is C18H20N4OS. The van der Waals surface area contributed by atoms with Gasteiger partial charge in [0.25, 0.3) is 5.91 Å². The highest BCUT2D eigenvalue weighted by Gasteiger charge is 2.19. The van der Waals surface area contributed by atoms with Crippen LogP contribution in [0.4, 0.5) is 0 Å². The van der Waals surface area contributed by atoms with Crippen LogP contribution in [0.3, 0.4) is 0 Å². The number of thiophene rings is 1. The SMILES string of the molecule is Cc1ccc2nc(CNC(=O)c3ccc(C4CCCN4)s3)[nH]c2c1. The van der Waals surface area contributed by atoms with Crippen molar-refractivity contribution in [3.63, 3.8) is 0 Å². The Balaban J connectivity index is 1.42. The fourth-order valence-corrected chi connectivity index (χ4v) is 4.14. The number of aromatic amines is 1. The third-order valence-corrected chi connectivity index (χ3v) is 5.55. The minimum absolute atomic E-state index is 0.0408. The summed E-state index contributed by atoms with van der Waals surface area (Å²) in [6, 6.07) is 10.5. The van der Waals surface area contributed by atoms with Gasteiger partial charge in [0.2, 0.25) is 0 Å². The van der Waals surface area contributed by atoms with Crippen LogP contribution in [0.1, 0.15) is 44.8 Å². The third kappa shape index (κ3) is 3.07. The van der Waals surface area contributed by atoms with Gasteiger partial charge in [0.1, 0.15) is 5.82 Å². The highest BCUT2D eigenvalue weighted by Crippen LogP contribution is 2.29. The number of nitrogens with one attached hydrogen (secondary N) is 3. The maximum atomic E-state index is 12.4. The average Bonchev–Trinajstić information content (AvgIpc) is 3.30. The monoisotopic (exact) mass is 340 g/mol. The van der Waals surface area contributed by atoms with Gasteiger partial charge in [-0.05, 0) is 56.1 Å². The van der Waals surface area contributed by atoms with Crippen LogP contribution in [0.2, 0.25) is 0 Å². The number of amides is 1. The molecule has 2 aromatic heterocycles. The minimum Gasteiger partial charge on any atom is -0.344 e. The second-order valence-corrected chi connectivity index (χ2v) is 7.35. The molecule has 1 aromatic carbocycles. The standard InChI is InChI=1S/C18H20N4OS/c1-11-4-5-12-14(9-11)22-17(21-12)10-20-18(23)16-7-6-15(24-16)13-3-2-8-19-13/h4-7,9,13,19H,2-3,8,10H2,1H3,(H,20,23)(H,21,22). The van der Waals surface area contributed by atoms with Crippen LogP contribution >= 0.6 is 11.3 Å². The maximum absolute atomic E-state index is 12.4. The van der Waals surface area contributed by atoms with Crippen LogP contribution in [0.25, 0.3) is 11.0 Å². The molecule has 1 atom stereocenters. The van der Waals surface area contributed by atoms with Gasteiger partial charge < -0.3 is 15.6 Å². The molecule has 1 saturated heterocycles. The number of carbonyl (C=O) groups excluding carboxylic acids is 1. The zero-order valence-corrected chi connectivity index (χ0v) is 14.4. The van der Waals surface area contributed by atoms with Gasteiger partial charge in [-0.25, -0.2) is 4.98 Å². The number of hydrogen-bond donors (Lipinski definition) is 3. The predicted octanol–water partition coefficient (Wildman–Crippen LogP) is 3.29. The molecule has 1 fully saturated rings. The van der Waals surface area contributed by atoms with Crippen molar-refractivity contribution in [2.75, 3.05) is 6.54 Å². The number of benzene rings is 1. The summed E-state index contributed by atoms with van der Waals surface area (Å²) >= 11 is 1.58. The van der Waals surface area contributed by atoms with Crippen molar-refractivity contribution in [2.45, 2.75) is 32.4 Å². The van der Waals surface area contributed by atoms with E-state index in [-0.39, 0.29) is 5.91 Å². The molecule has 1 unspecified atom stereocenters. The molecule has 0 bridgehead atoms. The quantitative estimate of drug-likeness (QED) is 0.682. The van der Waals surface area contributed by atoms with Crippen molar-refractivity contribution in [2.24, 2.45) is 0 Å². The highest BCUT2D eigenvalue weighted by atomic mass is 32.1. The molecule has 3 heterocycles. The summed E-state index contributed by atoms with van der Waals surface area (Å²) in [5, 5.41) is 6.42. The van der Waals surface area contributed by atoms with E-state index in [9.17, 15) is 4.79 Å². The molecule has 1 amide bonds. The van der Waals surface area contributed by atoms with Gasteiger partial charge in [-0.2, -0.15) is 0 Å². The zero-order chi connectivity index (χ0) is 16.5. The Morgan fingerprint density at radius 1 is 1.38 bits per heavy atom. The van der Waals surface area contributed by atoms with Crippen molar-refractivity contribution in [3.8, 4) is 0 Å². The molecule has 1 aliphatic rings. The Morgan fingerprint density at radius 2 is 2.29 bits per heavy atom. The van der Waals surface area contributed by atoms with Crippen LogP contribution in [0.15, 0.2) is 30.3 Å². The number of fused-ring (bicyclic) bond motifs is 1. The van der Waals surface area contributed by atoms with E-state index in [0.29, 0.717) is 12.6 Å². The summed E-state index contributed by atoms with van der Waals surface area (Å²) in [5.74, 6) is 0.735. The first-order valence-corrected chi connectivity index (χ1v) is 9.07. The van der Waals surface area contributed by atoms with E-state index in [4.69, 9.17) is 0 Å². The van der Waals surface area contributed by atoms with Gasteiger partial charge in [-0.1, -0.05) is 6.07 Å². The third-order valence-electron chi connectivity index (χ3n) is 4.36. The summed E-state index contributed by atoms with van der Waals surface area (Å²) in [5.41, 5.74) is 3.12. The molecule has 6 heteroatoms. The number of carbonyl (C=O) groups is 1. The normalized spacial score (nSPS) is 17.5. The van der Waals surface area contributed by atoms with Crippen molar-refractivity contribution >= 4 is 28.3 Å². The second kappa shape index (κ2) is 6.37. The molecule has 0 spiro atoms. The number of aryl methyl sites for hydroxylation is 1. The Hall–Kier alpha value is -2.18. The molecule has 3 N–H and O–H groups in total. The van der Waals surface area contributed by atoms with E-state index in [1.165, 1.54) is 16.9 Å². The van der Waals surface area contributed by atoms with E-state index >= 15 is 0 Å². The summed E-state index contributed by atoms with van der Waals surface area (Å²) in [6.45, 7) is 3.52. The van der Waals surface area contributed by atoms with E-state index in [0.717, 1.165) is 34.7 Å². The first kappa shape index (κ1) is 15.4. The first-order chi connectivity index (χ1) is 11.7. The number of hydrogen-bond acceptors (Lipinski definition) is 4. The molecule has 1 aliphatic heterocycles. The molecule has 4 rings (SSSR count). The predicted molar refractivity (Wildman–Crippen MR) is 96.3 cm³/mol. The fourth-order valence-electron chi connectivity index (χ4n) is 3.10. The van der Waals surface area contributed by atoms with Gasteiger partial charge >= 0.3 is 0 Å². The van der Waals surface area contributed by atoms with E-state index in [2.05, 4.69) is 39.7 Å². The fraction of sp³-hybridized carbons (Fsp3) is 0.333. The number of rotatable bonds is 4. The van der Waals surface area contributed by atoms with E-state index in [1.807, 2.05) is 18.2 Å². The van der Waals surface area contributed by atoms with Crippen LogP contribution in [-0.4, -0.2) is 22.4 Å². The largest absolute Gasteiger partial charge is 0.344 e. The van der Waals surface area contributed by atoms with E-state index in [1.54, 1.807) is 11.3 Å². The second-order valence-electron chi connectivity index (χ2n) is 6.24. The summed E-state index contributed by atoms with van der Waals surface area (Å²) in [4.78, 5) is 22.1. The number of nitrogens with zero attached hydrogens (tertiary/aromatic N) is 1. The molecule has 0 radical (unpaired) electrons. The summed E-state index contributed by atoms with van der Waals surface area (Å²) < 4.78 is 0. The summed E-state index contributed by atoms with van der Waals surface area (Å²) in [7, 11) is 0. The van der Waals surface area contributed by atoms with E-state index < -0.39 is 0 Å². The van der Waals surface area contributed by atoms with Gasteiger partial charge in [-0.15, -0.1) is 11.3 Å². The average molecular weight is 340 g/mol. The Morgan fingerprint density at radius 3 is 3.12 bits per heavy atom. The lowest BCUT2D eigenvalue weighted by molar-refractivity contribution is 0.0954. The van der Waals surface area contributed by atoms with Crippen molar-refractivity contribution in [1.29, 1.82) is 0 Å².